The second-order valence-electron chi connectivity index (χ2n) is 5.06. The standard InChI is InChI=1S/C14H13Cl3N4O4/c1-5(4-25-7-3-2-6(15)8(16)9(7)17)19-13(23)11-10(18)12(22)21-14(24)20-11/h2-3,5H,4,18H2,1H3,(H,19,23)(H2,20,21,22,24). The van der Waals surface area contributed by atoms with Crippen molar-refractivity contribution in [3.8, 4) is 5.75 Å². The molecular formula is C14H13Cl3N4O4. The predicted molar refractivity (Wildman–Crippen MR) is 96.0 cm³/mol. The summed E-state index contributed by atoms with van der Waals surface area (Å²) in [5.74, 6) is -0.432. The average molecular weight is 408 g/mol. The lowest BCUT2D eigenvalue weighted by Gasteiger charge is -2.16. The maximum atomic E-state index is 12.1. The molecule has 0 spiro atoms. The van der Waals surface area contributed by atoms with Crippen LogP contribution in [0, 0.1) is 0 Å². The Kier molecular flexibility index (Phi) is 5.99. The molecule has 25 heavy (non-hydrogen) atoms. The molecule has 1 atom stereocenters. The Bertz CT molecular complexity index is 925. The normalized spacial score (nSPS) is 11.8. The van der Waals surface area contributed by atoms with Crippen LogP contribution in [0.15, 0.2) is 21.7 Å². The number of amides is 1. The Morgan fingerprint density at radius 3 is 2.60 bits per heavy atom. The van der Waals surface area contributed by atoms with Crippen molar-refractivity contribution in [1.29, 1.82) is 0 Å². The summed E-state index contributed by atoms with van der Waals surface area (Å²) in [7, 11) is 0. The fourth-order valence-corrected chi connectivity index (χ4v) is 2.43. The first-order chi connectivity index (χ1) is 11.7. The molecule has 1 aromatic carbocycles. The van der Waals surface area contributed by atoms with Crippen LogP contribution < -0.4 is 27.0 Å². The number of benzene rings is 1. The van der Waals surface area contributed by atoms with E-state index in [1.165, 1.54) is 12.1 Å². The molecule has 0 aliphatic rings. The van der Waals surface area contributed by atoms with Crippen molar-refractivity contribution in [1.82, 2.24) is 15.3 Å². The van der Waals surface area contributed by atoms with Crippen LogP contribution in [0.5, 0.6) is 5.75 Å². The summed E-state index contributed by atoms with van der Waals surface area (Å²) in [4.78, 5) is 38.9. The second kappa shape index (κ2) is 7.81. The summed E-state index contributed by atoms with van der Waals surface area (Å²) < 4.78 is 5.49. The van der Waals surface area contributed by atoms with Crippen LogP contribution in [0.1, 0.15) is 17.4 Å². The van der Waals surface area contributed by atoms with Crippen LogP contribution >= 0.6 is 34.8 Å². The van der Waals surface area contributed by atoms with Gasteiger partial charge in [-0.15, -0.1) is 0 Å². The van der Waals surface area contributed by atoms with Gasteiger partial charge in [-0.25, -0.2) is 4.79 Å². The molecule has 1 unspecified atom stereocenters. The number of halogens is 3. The zero-order valence-electron chi connectivity index (χ0n) is 12.8. The smallest absolute Gasteiger partial charge is 0.326 e. The number of ether oxygens (including phenoxy) is 1. The third kappa shape index (κ3) is 4.47. The molecule has 11 heteroatoms. The molecule has 0 aliphatic carbocycles. The van der Waals surface area contributed by atoms with Gasteiger partial charge in [-0.1, -0.05) is 34.8 Å². The van der Waals surface area contributed by atoms with E-state index in [1.54, 1.807) is 6.92 Å². The van der Waals surface area contributed by atoms with Crippen LogP contribution in [0.3, 0.4) is 0 Å². The number of carbonyl (C=O) groups excluding carboxylic acids is 1. The zero-order chi connectivity index (χ0) is 18.7. The molecular weight excluding hydrogens is 395 g/mol. The Balaban J connectivity index is 2.05. The van der Waals surface area contributed by atoms with E-state index in [0.29, 0.717) is 5.75 Å². The number of nitrogens with two attached hydrogens (primary N) is 1. The van der Waals surface area contributed by atoms with Gasteiger partial charge in [0, 0.05) is 0 Å². The molecule has 2 rings (SSSR count). The Hall–Kier alpha value is -2.16. The highest BCUT2D eigenvalue weighted by molar-refractivity contribution is 6.48. The van der Waals surface area contributed by atoms with Crippen molar-refractivity contribution in [3.63, 3.8) is 0 Å². The van der Waals surface area contributed by atoms with Crippen molar-refractivity contribution < 1.29 is 9.53 Å². The Labute approximate surface area is 156 Å². The number of aromatic nitrogens is 2. The lowest BCUT2D eigenvalue weighted by molar-refractivity contribution is 0.0922. The highest BCUT2D eigenvalue weighted by Gasteiger charge is 2.17. The minimum atomic E-state index is -0.847. The Morgan fingerprint density at radius 1 is 1.24 bits per heavy atom. The second-order valence-corrected chi connectivity index (χ2v) is 6.22. The van der Waals surface area contributed by atoms with Crippen LogP contribution in [-0.2, 0) is 0 Å². The first kappa shape index (κ1) is 19.2. The molecule has 0 saturated carbocycles. The molecule has 1 aromatic heterocycles. The predicted octanol–water partition coefficient (Wildman–Crippen LogP) is 1.80. The average Bonchev–Trinajstić information content (AvgIpc) is 2.55. The van der Waals surface area contributed by atoms with Gasteiger partial charge in [0.15, 0.2) is 0 Å². The zero-order valence-corrected chi connectivity index (χ0v) is 15.1. The van der Waals surface area contributed by atoms with E-state index in [0.717, 1.165) is 0 Å². The van der Waals surface area contributed by atoms with Crippen molar-refractivity contribution in [2.45, 2.75) is 13.0 Å². The number of nitrogens with one attached hydrogen (secondary N) is 3. The lowest BCUT2D eigenvalue weighted by Crippen LogP contribution is -2.40. The third-order valence-electron chi connectivity index (χ3n) is 3.07. The van der Waals surface area contributed by atoms with E-state index in [1.807, 2.05) is 4.98 Å². The van der Waals surface area contributed by atoms with E-state index >= 15 is 0 Å². The number of hydrogen-bond donors (Lipinski definition) is 4. The number of aromatic amines is 2. The van der Waals surface area contributed by atoms with Crippen LogP contribution in [0.4, 0.5) is 5.69 Å². The van der Waals surface area contributed by atoms with Crippen molar-refractivity contribution in [3.05, 3.63) is 53.7 Å². The number of H-pyrrole nitrogens is 2. The van der Waals surface area contributed by atoms with Crippen LogP contribution in [0.25, 0.3) is 0 Å². The lowest BCUT2D eigenvalue weighted by atomic mass is 10.3. The number of anilines is 1. The van der Waals surface area contributed by atoms with Gasteiger partial charge >= 0.3 is 5.69 Å². The molecule has 0 fully saturated rings. The summed E-state index contributed by atoms with van der Waals surface area (Å²) in [5, 5.41) is 3.13. The van der Waals surface area contributed by atoms with Gasteiger partial charge in [-0.05, 0) is 19.1 Å². The maximum Gasteiger partial charge on any atom is 0.326 e. The number of rotatable bonds is 5. The van der Waals surface area contributed by atoms with Gasteiger partial charge in [-0.2, -0.15) is 0 Å². The summed E-state index contributed by atoms with van der Waals surface area (Å²) in [6.07, 6.45) is 0. The highest BCUT2D eigenvalue weighted by atomic mass is 35.5. The Morgan fingerprint density at radius 2 is 1.92 bits per heavy atom. The van der Waals surface area contributed by atoms with Crippen molar-refractivity contribution in [2.75, 3.05) is 12.3 Å². The topological polar surface area (TPSA) is 130 Å². The van der Waals surface area contributed by atoms with Gasteiger partial charge < -0.3 is 20.8 Å². The van der Waals surface area contributed by atoms with Gasteiger partial charge in [-0.3, -0.25) is 14.6 Å². The molecule has 0 saturated heterocycles. The first-order valence-electron chi connectivity index (χ1n) is 6.90. The quantitative estimate of drug-likeness (QED) is 0.562. The van der Waals surface area contributed by atoms with E-state index in [4.69, 9.17) is 45.3 Å². The molecule has 5 N–H and O–H groups in total. The number of nitrogen functional groups attached to an aromatic ring is 1. The number of carbonyl (C=O) groups is 1. The van der Waals surface area contributed by atoms with Gasteiger partial charge in [0.1, 0.15) is 28.8 Å². The first-order valence-corrected chi connectivity index (χ1v) is 8.03. The molecule has 1 heterocycles. The van der Waals surface area contributed by atoms with Gasteiger partial charge in [0.2, 0.25) is 0 Å². The van der Waals surface area contributed by atoms with Crippen LogP contribution in [0.2, 0.25) is 15.1 Å². The maximum absolute atomic E-state index is 12.1. The van der Waals surface area contributed by atoms with Gasteiger partial charge in [0.25, 0.3) is 11.5 Å². The fraction of sp³-hybridized carbons (Fsp3) is 0.214. The largest absolute Gasteiger partial charge is 0.490 e. The van der Waals surface area contributed by atoms with Crippen molar-refractivity contribution in [2.24, 2.45) is 0 Å². The third-order valence-corrected chi connectivity index (χ3v) is 4.35. The fourth-order valence-electron chi connectivity index (χ4n) is 1.85. The number of hydrogen-bond acceptors (Lipinski definition) is 5. The van der Waals surface area contributed by atoms with Crippen molar-refractivity contribution >= 4 is 46.4 Å². The minimum absolute atomic E-state index is 0.0384. The van der Waals surface area contributed by atoms with Gasteiger partial charge in [0.05, 0.1) is 16.1 Å². The summed E-state index contributed by atoms with van der Waals surface area (Å²) >= 11 is 17.8. The monoisotopic (exact) mass is 406 g/mol. The highest BCUT2D eigenvalue weighted by Crippen LogP contribution is 2.37. The SMILES string of the molecule is CC(COc1ccc(Cl)c(Cl)c1Cl)NC(=O)c1[nH]c(=O)[nH]c(=O)c1N. The van der Waals surface area contributed by atoms with E-state index < -0.39 is 28.9 Å². The molecule has 0 radical (unpaired) electrons. The molecule has 2 aromatic rings. The summed E-state index contributed by atoms with van der Waals surface area (Å²) in [5.41, 5.74) is 3.09. The molecule has 134 valence electrons. The van der Waals surface area contributed by atoms with E-state index in [-0.39, 0.29) is 27.4 Å². The molecule has 1 amide bonds. The van der Waals surface area contributed by atoms with Crippen LogP contribution in [-0.4, -0.2) is 28.5 Å². The molecule has 0 aliphatic heterocycles. The minimum Gasteiger partial charge on any atom is -0.490 e. The van der Waals surface area contributed by atoms with E-state index in [9.17, 15) is 14.4 Å². The summed E-state index contributed by atoms with van der Waals surface area (Å²) in [6.45, 7) is 1.68. The molecule has 8 nitrogen and oxygen atoms in total. The van der Waals surface area contributed by atoms with E-state index in [2.05, 4.69) is 10.3 Å². The summed E-state index contributed by atoms with van der Waals surface area (Å²) in [6, 6.07) is 2.56. The molecule has 0 bridgehead atoms.